The summed E-state index contributed by atoms with van der Waals surface area (Å²) < 4.78 is 0. The lowest BCUT2D eigenvalue weighted by molar-refractivity contribution is 0.122. The Kier molecular flexibility index (Phi) is 4.78. The van der Waals surface area contributed by atoms with Crippen LogP contribution in [0.25, 0.3) is 0 Å². The Balaban J connectivity index is 1.67. The lowest BCUT2D eigenvalue weighted by Gasteiger charge is -2.40. The molecule has 102 valence electrons. The Morgan fingerprint density at radius 3 is 3.06 bits per heavy atom. The van der Waals surface area contributed by atoms with Crippen LogP contribution in [-0.4, -0.2) is 47.1 Å². The molecule has 4 heteroatoms. The van der Waals surface area contributed by atoms with Crippen LogP contribution in [0.5, 0.6) is 0 Å². The van der Waals surface area contributed by atoms with Crippen molar-refractivity contribution in [1.29, 1.82) is 0 Å². The van der Waals surface area contributed by atoms with Crippen LogP contribution >= 0.6 is 0 Å². The number of likely N-dealkylation sites (tertiary alicyclic amines) is 1. The molecule has 0 aromatic carbocycles. The van der Waals surface area contributed by atoms with Gasteiger partial charge in [0.15, 0.2) is 0 Å². The number of imidazole rings is 1. The van der Waals surface area contributed by atoms with E-state index in [2.05, 4.69) is 41.1 Å². The van der Waals surface area contributed by atoms with Gasteiger partial charge in [0.25, 0.3) is 0 Å². The van der Waals surface area contributed by atoms with Gasteiger partial charge in [-0.05, 0) is 39.3 Å². The van der Waals surface area contributed by atoms with Gasteiger partial charge >= 0.3 is 0 Å². The standard InChI is InChI=1S/C14H26N4/c1-11-10-18(3)12(2)9-13(11)15-6-4-5-14-16-7-8-17-14/h7-8,11-13,15H,4-6,9-10H2,1-3H3,(H,16,17). The summed E-state index contributed by atoms with van der Waals surface area (Å²) in [5.41, 5.74) is 0. The Morgan fingerprint density at radius 1 is 1.50 bits per heavy atom. The van der Waals surface area contributed by atoms with Crippen LogP contribution < -0.4 is 5.32 Å². The molecule has 0 aliphatic carbocycles. The minimum absolute atomic E-state index is 0.674. The molecule has 18 heavy (non-hydrogen) atoms. The van der Waals surface area contributed by atoms with Gasteiger partial charge in [-0.1, -0.05) is 6.92 Å². The first-order valence-electron chi connectivity index (χ1n) is 7.08. The highest BCUT2D eigenvalue weighted by Crippen LogP contribution is 2.20. The molecule has 4 nitrogen and oxygen atoms in total. The van der Waals surface area contributed by atoms with E-state index in [1.54, 1.807) is 0 Å². The van der Waals surface area contributed by atoms with Crippen molar-refractivity contribution < 1.29 is 0 Å². The fourth-order valence-corrected chi connectivity index (χ4v) is 2.80. The molecule has 0 amide bonds. The average Bonchev–Trinajstić information content (AvgIpc) is 2.84. The predicted octanol–water partition coefficient (Wildman–Crippen LogP) is 1.66. The molecule has 1 saturated heterocycles. The summed E-state index contributed by atoms with van der Waals surface area (Å²) in [4.78, 5) is 9.86. The molecule has 0 saturated carbocycles. The number of hydrogen-bond donors (Lipinski definition) is 2. The number of nitrogens with zero attached hydrogens (tertiary/aromatic N) is 2. The van der Waals surface area contributed by atoms with Crippen LogP contribution in [0.2, 0.25) is 0 Å². The quantitative estimate of drug-likeness (QED) is 0.781. The molecule has 3 unspecified atom stereocenters. The van der Waals surface area contributed by atoms with E-state index in [0.29, 0.717) is 12.1 Å². The zero-order chi connectivity index (χ0) is 13.0. The average molecular weight is 250 g/mol. The maximum absolute atomic E-state index is 4.25. The first-order chi connectivity index (χ1) is 8.66. The Morgan fingerprint density at radius 2 is 2.33 bits per heavy atom. The molecule has 0 radical (unpaired) electrons. The van der Waals surface area contributed by atoms with Crippen molar-refractivity contribution in [1.82, 2.24) is 20.2 Å². The SMILES string of the molecule is CC1CN(C)C(C)CC1NCCCc1ncc[nH]1. The maximum atomic E-state index is 4.25. The van der Waals surface area contributed by atoms with Crippen molar-refractivity contribution in [3.05, 3.63) is 18.2 Å². The molecule has 3 atom stereocenters. The summed E-state index contributed by atoms with van der Waals surface area (Å²) in [7, 11) is 2.23. The van der Waals surface area contributed by atoms with E-state index in [4.69, 9.17) is 0 Å². The van der Waals surface area contributed by atoms with Crippen LogP contribution in [0.1, 0.15) is 32.5 Å². The fraction of sp³-hybridized carbons (Fsp3) is 0.786. The number of aryl methyl sites for hydroxylation is 1. The van der Waals surface area contributed by atoms with Gasteiger partial charge in [0.05, 0.1) is 0 Å². The van der Waals surface area contributed by atoms with Crippen molar-refractivity contribution in [2.45, 2.75) is 45.2 Å². The van der Waals surface area contributed by atoms with Crippen molar-refractivity contribution in [3.8, 4) is 0 Å². The van der Waals surface area contributed by atoms with E-state index in [0.717, 1.165) is 31.1 Å². The summed E-state index contributed by atoms with van der Waals surface area (Å²) in [5, 5.41) is 3.72. The van der Waals surface area contributed by atoms with Crippen LogP contribution in [0.4, 0.5) is 0 Å². The van der Waals surface area contributed by atoms with E-state index in [-0.39, 0.29) is 0 Å². The second kappa shape index (κ2) is 6.34. The lowest BCUT2D eigenvalue weighted by Crippen LogP contribution is -2.51. The van der Waals surface area contributed by atoms with Gasteiger partial charge in [0.1, 0.15) is 5.82 Å². The van der Waals surface area contributed by atoms with Gasteiger partial charge in [0.2, 0.25) is 0 Å². The number of hydrogen-bond acceptors (Lipinski definition) is 3. The molecular formula is C14H26N4. The third kappa shape index (κ3) is 3.56. The van der Waals surface area contributed by atoms with E-state index < -0.39 is 0 Å². The van der Waals surface area contributed by atoms with Gasteiger partial charge < -0.3 is 15.2 Å². The summed E-state index contributed by atoms with van der Waals surface area (Å²) in [6.45, 7) is 6.97. The highest BCUT2D eigenvalue weighted by atomic mass is 15.2. The van der Waals surface area contributed by atoms with Crippen LogP contribution in [0, 0.1) is 5.92 Å². The zero-order valence-electron chi connectivity index (χ0n) is 11.8. The Bertz CT molecular complexity index is 336. The van der Waals surface area contributed by atoms with E-state index in [9.17, 15) is 0 Å². The number of aromatic nitrogens is 2. The summed E-state index contributed by atoms with van der Waals surface area (Å²) in [6, 6.07) is 1.37. The van der Waals surface area contributed by atoms with Gasteiger partial charge in [-0.3, -0.25) is 0 Å². The van der Waals surface area contributed by atoms with Crippen LogP contribution in [0.15, 0.2) is 12.4 Å². The highest BCUT2D eigenvalue weighted by Gasteiger charge is 2.28. The Labute approximate surface area is 110 Å². The molecule has 0 bridgehead atoms. The van der Waals surface area contributed by atoms with Gasteiger partial charge in [-0.15, -0.1) is 0 Å². The van der Waals surface area contributed by atoms with E-state index >= 15 is 0 Å². The predicted molar refractivity (Wildman–Crippen MR) is 74.6 cm³/mol. The molecular weight excluding hydrogens is 224 g/mol. The van der Waals surface area contributed by atoms with Gasteiger partial charge in [-0.2, -0.15) is 0 Å². The highest BCUT2D eigenvalue weighted by molar-refractivity contribution is 4.88. The summed E-state index contributed by atoms with van der Waals surface area (Å²) in [6.07, 6.45) is 7.17. The van der Waals surface area contributed by atoms with Crippen molar-refractivity contribution in [2.24, 2.45) is 5.92 Å². The molecule has 1 aromatic rings. The number of rotatable bonds is 5. The number of nitrogens with one attached hydrogen (secondary N) is 2. The largest absolute Gasteiger partial charge is 0.349 e. The molecule has 1 aromatic heterocycles. The van der Waals surface area contributed by atoms with Crippen molar-refractivity contribution in [2.75, 3.05) is 20.1 Å². The van der Waals surface area contributed by atoms with Gasteiger partial charge in [0, 0.05) is 37.4 Å². The number of aromatic amines is 1. The van der Waals surface area contributed by atoms with Crippen LogP contribution in [0.3, 0.4) is 0 Å². The molecule has 1 aliphatic rings. The van der Waals surface area contributed by atoms with Crippen molar-refractivity contribution in [3.63, 3.8) is 0 Å². The molecule has 2 heterocycles. The Hall–Kier alpha value is -0.870. The first-order valence-corrected chi connectivity index (χ1v) is 7.08. The minimum Gasteiger partial charge on any atom is -0.349 e. The molecule has 2 N–H and O–H groups in total. The third-order valence-corrected chi connectivity index (χ3v) is 4.16. The monoisotopic (exact) mass is 250 g/mol. The second-order valence-corrected chi connectivity index (χ2v) is 5.70. The van der Waals surface area contributed by atoms with E-state index in [1.165, 1.54) is 13.0 Å². The van der Waals surface area contributed by atoms with Gasteiger partial charge in [-0.25, -0.2) is 4.98 Å². The van der Waals surface area contributed by atoms with E-state index in [1.807, 2.05) is 12.4 Å². The smallest absolute Gasteiger partial charge is 0.106 e. The lowest BCUT2D eigenvalue weighted by atomic mass is 9.90. The fourth-order valence-electron chi connectivity index (χ4n) is 2.80. The molecule has 1 fully saturated rings. The molecule has 1 aliphatic heterocycles. The maximum Gasteiger partial charge on any atom is 0.106 e. The summed E-state index contributed by atoms with van der Waals surface area (Å²) in [5.74, 6) is 1.84. The number of piperidine rings is 1. The number of H-pyrrole nitrogens is 1. The normalized spacial score (nSPS) is 29.6. The third-order valence-electron chi connectivity index (χ3n) is 4.16. The summed E-state index contributed by atoms with van der Waals surface area (Å²) >= 11 is 0. The molecule has 0 spiro atoms. The molecule has 2 rings (SSSR count). The topological polar surface area (TPSA) is 44.0 Å². The zero-order valence-corrected chi connectivity index (χ0v) is 11.8. The minimum atomic E-state index is 0.674. The van der Waals surface area contributed by atoms with Crippen LogP contribution in [-0.2, 0) is 6.42 Å². The van der Waals surface area contributed by atoms with Crippen molar-refractivity contribution >= 4 is 0 Å². The first kappa shape index (κ1) is 13.6. The second-order valence-electron chi connectivity index (χ2n) is 5.70.